The van der Waals surface area contributed by atoms with Gasteiger partial charge in [0.05, 0.1) is 17.8 Å². The summed E-state index contributed by atoms with van der Waals surface area (Å²) in [5.74, 6) is 1.63. The standard InChI is InChI=1S/C16H19N3O3/c1-3-10-18-16(22)13-7-4-5-8-14(13)19-15(21)9-6-11-17-12(2)20/h1,4-5,7-8H,6,9-11H2,2H3,(H,17,20)(H,18,22)(H,19,21). The third kappa shape index (κ3) is 6.09. The van der Waals surface area contributed by atoms with Gasteiger partial charge in [0.1, 0.15) is 0 Å². The summed E-state index contributed by atoms with van der Waals surface area (Å²) in [5, 5.41) is 7.86. The molecule has 0 aliphatic carbocycles. The maximum absolute atomic E-state index is 11.9. The van der Waals surface area contributed by atoms with Gasteiger partial charge in [-0.05, 0) is 18.6 Å². The molecule has 0 aliphatic rings. The van der Waals surface area contributed by atoms with Crippen LogP contribution < -0.4 is 16.0 Å². The summed E-state index contributed by atoms with van der Waals surface area (Å²) in [6.07, 6.45) is 5.87. The van der Waals surface area contributed by atoms with Crippen LogP contribution in [0.2, 0.25) is 0 Å². The molecule has 3 N–H and O–H groups in total. The first kappa shape index (κ1) is 17.2. The summed E-state index contributed by atoms with van der Waals surface area (Å²) in [4.78, 5) is 34.5. The third-order valence-electron chi connectivity index (χ3n) is 2.75. The maximum atomic E-state index is 11.9. The Morgan fingerprint density at radius 3 is 2.59 bits per heavy atom. The second-order valence-corrected chi connectivity index (χ2v) is 4.57. The fraction of sp³-hybridized carbons (Fsp3) is 0.312. The van der Waals surface area contributed by atoms with Crippen molar-refractivity contribution in [3.8, 4) is 12.3 Å². The van der Waals surface area contributed by atoms with Crippen LogP contribution in [-0.2, 0) is 9.59 Å². The Kier molecular flexibility index (Phi) is 7.20. The quantitative estimate of drug-likeness (QED) is 0.516. The maximum Gasteiger partial charge on any atom is 0.254 e. The lowest BCUT2D eigenvalue weighted by Crippen LogP contribution is -2.26. The van der Waals surface area contributed by atoms with Crippen molar-refractivity contribution in [2.45, 2.75) is 19.8 Å². The van der Waals surface area contributed by atoms with Crippen LogP contribution in [0, 0.1) is 12.3 Å². The number of hydrogen-bond donors (Lipinski definition) is 3. The minimum absolute atomic E-state index is 0.123. The minimum atomic E-state index is -0.341. The minimum Gasteiger partial charge on any atom is -0.356 e. The predicted molar refractivity (Wildman–Crippen MR) is 84.2 cm³/mol. The Morgan fingerprint density at radius 1 is 1.18 bits per heavy atom. The Hall–Kier alpha value is -2.81. The first-order valence-corrected chi connectivity index (χ1v) is 6.89. The molecule has 0 spiro atoms. The van der Waals surface area contributed by atoms with Gasteiger partial charge in [0.15, 0.2) is 0 Å². The van der Waals surface area contributed by atoms with Crippen molar-refractivity contribution in [3.05, 3.63) is 29.8 Å². The Bertz CT molecular complexity index is 591. The summed E-state index contributed by atoms with van der Waals surface area (Å²) in [6.45, 7) is 1.98. The number of nitrogens with one attached hydrogen (secondary N) is 3. The van der Waals surface area contributed by atoms with E-state index in [9.17, 15) is 14.4 Å². The highest BCUT2D eigenvalue weighted by molar-refractivity contribution is 6.03. The second-order valence-electron chi connectivity index (χ2n) is 4.57. The summed E-state index contributed by atoms with van der Waals surface area (Å²) >= 11 is 0. The molecular weight excluding hydrogens is 282 g/mol. The molecule has 1 aromatic rings. The molecule has 6 heteroatoms. The van der Waals surface area contributed by atoms with E-state index in [0.29, 0.717) is 24.2 Å². The van der Waals surface area contributed by atoms with Gasteiger partial charge in [-0.3, -0.25) is 14.4 Å². The van der Waals surface area contributed by atoms with Crippen molar-refractivity contribution in [2.24, 2.45) is 0 Å². The zero-order chi connectivity index (χ0) is 16.4. The lowest BCUT2D eigenvalue weighted by atomic mass is 10.1. The zero-order valence-electron chi connectivity index (χ0n) is 12.4. The van der Waals surface area contributed by atoms with E-state index in [4.69, 9.17) is 6.42 Å². The molecular formula is C16H19N3O3. The summed E-state index contributed by atoms with van der Waals surface area (Å²) < 4.78 is 0. The lowest BCUT2D eigenvalue weighted by molar-refractivity contribution is -0.119. The van der Waals surface area contributed by atoms with E-state index in [1.807, 2.05) is 0 Å². The Labute approximate surface area is 129 Å². The smallest absolute Gasteiger partial charge is 0.254 e. The third-order valence-corrected chi connectivity index (χ3v) is 2.75. The number of carbonyl (C=O) groups is 3. The highest BCUT2D eigenvalue weighted by Gasteiger charge is 2.12. The fourth-order valence-electron chi connectivity index (χ4n) is 1.74. The van der Waals surface area contributed by atoms with Crippen molar-refractivity contribution >= 4 is 23.4 Å². The molecule has 0 fully saturated rings. The van der Waals surface area contributed by atoms with E-state index in [2.05, 4.69) is 21.9 Å². The molecule has 6 nitrogen and oxygen atoms in total. The van der Waals surface area contributed by atoms with Gasteiger partial charge < -0.3 is 16.0 Å². The van der Waals surface area contributed by atoms with Gasteiger partial charge in [-0.2, -0.15) is 0 Å². The molecule has 0 saturated heterocycles. The topological polar surface area (TPSA) is 87.3 Å². The molecule has 1 rings (SSSR count). The number of amides is 3. The molecule has 0 atom stereocenters. The van der Waals surface area contributed by atoms with Crippen LogP contribution in [-0.4, -0.2) is 30.8 Å². The van der Waals surface area contributed by atoms with Gasteiger partial charge in [-0.15, -0.1) is 6.42 Å². The van der Waals surface area contributed by atoms with Gasteiger partial charge in [0.2, 0.25) is 11.8 Å². The molecule has 0 bridgehead atoms. The number of terminal acetylenes is 1. The van der Waals surface area contributed by atoms with E-state index in [1.165, 1.54) is 6.92 Å². The highest BCUT2D eigenvalue weighted by Crippen LogP contribution is 2.15. The average molecular weight is 301 g/mol. The van der Waals surface area contributed by atoms with Crippen LogP contribution in [0.25, 0.3) is 0 Å². The lowest BCUT2D eigenvalue weighted by Gasteiger charge is -2.10. The van der Waals surface area contributed by atoms with Crippen LogP contribution in [0.1, 0.15) is 30.1 Å². The molecule has 0 saturated carbocycles. The normalized spacial score (nSPS) is 9.45. The van der Waals surface area contributed by atoms with Crippen LogP contribution in [0.15, 0.2) is 24.3 Å². The molecule has 22 heavy (non-hydrogen) atoms. The van der Waals surface area contributed by atoms with Crippen LogP contribution in [0.3, 0.4) is 0 Å². The number of rotatable bonds is 7. The van der Waals surface area contributed by atoms with E-state index in [-0.39, 0.29) is 30.7 Å². The van der Waals surface area contributed by atoms with Crippen molar-refractivity contribution in [1.82, 2.24) is 10.6 Å². The number of anilines is 1. The van der Waals surface area contributed by atoms with Crippen LogP contribution in [0.4, 0.5) is 5.69 Å². The van der Waals surface area contributed by atoms with Crippen LogP contribution in [0.5, 0.6) is 0 Å². The molecule has 0 aliphatic heterocycles. The molecule has 0 unspecified atom stereocenters. The average Bonchev–Trinajstić information content (AvgIpc) is 2.49. The van der Waals surface area contributed by atoms with Crippen LogP contribution >= 0.6 is 0 Å². The predicted octanol–water partition coefficient (Wildman–Crippen LogP) is 0.904. The van der Waals surface area contributed by atoms with Gasteiger partial charge in [0, 0.05) is 19.9 Å². The fourth-order valence-corrected chi connectivity index (χ4v) is 1.74. The summed E-state index contributed by atoms with van der Waals surface area (Å²) in [6, 6.07) is 6.69. The zero-order valence-corrected chi connectivity index (χ0v) is 12.4. The molecule has 0 heterocycles. The van der Waals surface area contributed by atoms with Crippen molar-refractivity contribution in [3.63, 3.8) is 0 Å². The van der Waals surface area contributed by atoms with E-state index in [1.54, 1.807) is 24.3 Å². The van der Waals surface area contributed by atoms with Gasteiger partial charge in [0.25, 0.3) is 5.91 Å². The number of hydrogen-bond acceptors (Lipinski definition) is 3. The van der Waals surface area contributed by atoms with E-state index < -0.39 is 0 Å². The number of para-hydroxylation sites is 1. The first-order chi connectivity index (χ1) is 10.5. The molecule has 1 aromatic carbocycles. The molecule has 116 valence electrons. The Balaban J connectivity index is 2.58. The van der Waals surface area contributed by atoms with Gasteiger partial charge in [-0.25, -0.2) is 0 Å². The summed E-state index contributed by atoms with van der Waals surface area (Å²) in [7, 11) is 0. The number of benzene rings is 1. The van der Waals surface area contributed by atoms with Gasteiger partial charge in [-0.1, -0.05) is 18.1 Å². The van der Waals surface area contributed by atoms with Crippen molar-refractivity contribution in [2.75, 3.05) is 18.4 Å². The van der Waals surface area contributed by atoms with E-state index >= 15 is 0 Å². The summed E-state index contributed by atoms with van der Waals surface area (Å²) in [5.41, 5.74) is 0.787. The highest BCUT2D eigenvalue weighted by atomic mass is 16.2. The SMILES string of the molecule is C#CCNC(=O)c1ccccc1NC(=O)CCCNC(C)=O. The largest absolute Gasteiger partial charge is 0.356 e. The van der Waals surface area contributed by atoms with Crippen molar-refractivity contribution < 1.29 is 14.4 Å². The molecule has 0 aromatic heterocycles. The second kappa shape index (κ2) is 9.19. The molecule has 0 radical (unpaired) electrons. The first-order valence-electron chi connectivity index (χ1n) is 6.89. The number of carbonyl (C=O) groups excluding carboxylic acids is 3. The Morgan fingerprint density at radius 2 is 1.91 bits per heavy atom. The monoisotopic (exact) mass is 301 g/mol. The van der Waals surface area contributed by atoms with Crippen molar-refractivity contribution in [1.29, 1.82) is 0 Å². The van der Waals surface area contributed by atoms with Gasteiger partial charge >= 0.3 is 0 Å². The van der Waals surface area contributed by atoms with E-state index in [0.717, 1.165) is 0 Å². The molecule has 3 amide bonds.